The number of carbonyl (C=O) groups excluding carboxylic acids is 1. The van der Waals surface area contributed by atoms with Gasteiger partial charge >= 0.3 is 0 Å². The van der Waals surface area contributed by atoms with Gasteiger partial charge in [-0.3, -0.25) is 14.5 Å². The molecule has 1 saturated heterocycles. The first-order valence-corrected chi connectivity index (χ1v) is 10.7. The molecule has 2 aromatic rings. The smallest absolute Gasteiger partial charge is 0.250 e. The Morgan fingerprint density at radius 2 is 2.00 bits per heavy atom. The molecule has 0 spiro atoms. The second-order valence-electron chi connectivity index (χ2n) is 8.79. The van der Waals surface area contributed by atoms with E-state index < -0.39 is 6.04 Å². The molecule has 5 rings (SSSR count). The highest BCUT2D eigenvalue weighted by Gasteiger charge is 2.55. The Morgan fingerprint density at radius 1 is 1.20 bits per heavy atom. The van der Waals surface area contributed by atoms with Crippen LogP contribution in [-0.2, 0) is 17.9 Å². The van der Waals surface area contributed by atoms with E-state index in [1.807, 2.05) is 12.1 Å². The van der Waals surface area contributed by atoms with Crippen LogP contribution in [0.1, 0.15) is 30.1 Å². The minimum Gasteiger partial charge on any atom is -0.396 e. The first-order chi connectivity index (χ1) is 14.6. The number of hydrogen-bond acceptors (Lipinski definition) is 4. The molecule has 0 radical (unpaired) electrons. The Labute approximate surface area is 174 Å². The number of likely N-dealkylation sites (tertiary alicyclic amines) is 1. The monoisotopic (exact) mass is 411 g/mol. The maximum absolute atomic E-state index is 13.8. The molecule has 1 aromatic carbocycles. The van der Waals surface area contributed by atoms with E-state index in [4.69, 9.17) is 0 Å². The molecular weight excluding hydrogens is 385 g/mol. The highest BCUT2D eigenvalue weighted by atomic mass is 19.1. The number of rotatable bonds is 6. The molecule has 158 valence electrons. The number of fused-ring (bicyclic) bond motifs is 3. The number of halogens is 1. The molecule has 4 atom stereocenters. The van der Waals surface area contributed by atoms with E-state index in [1.165, 1.54) is 18.2 Å². The molecule has 7 heteroatoms. The van der Waals surface area contributed by atoms with Gasteiger partial charge in [0.2, 0.25) is 5.91 Å². The normalized spacial score (nSPS) is 27.7. The minimum atomic E-state index is -0.518. The highest BCUT2D eigenvalue weighted by Crippen LogP contribution is 2.49. The number of aliphatic hydroxyl groups is 1. The topological polar surface area (TPSA) is 74.6 Å². The number of pyridine rings is 1. The summed E-state index contributed by atoms with van der Waals surface area (Å²) in [6, 6.07) is 10.9. The molecule has 6 nitrogen and oxygen atoms in total. The lowest BCUT2D eigenvalue weighted by Gasteiger charge is -2.31. The molecule has 2 fully saturated rings. The van der Waals surface area contributed by atoms with Crippen molar-refractivity contribution in [1.82, 2.24) is 14.8 Å². The SMILES string of the molecule is O=C(NCC1CC1)[C@@H]1[C@@H](CO)[C@@H]2Cn3c(cccc3=O)[C@@H]2N1Cc1cccc(F)c1. The molecule has 1 aliphatic carbocycles. The van der Waals surface area contributed by atoms with Crippen molar-refractivity contribution in [1.29, 1.82) is 0 Å². The molecular formula is C23H26FN3O3. The first kappa shape index (κ1) is 19.5. The van der Waals surface area contributed by atoms with Crippen molar-refractivity contribution in [3.8, 4) is 0 Å². The van der Waals surface area contributed by atoms with E-state index in [9.17, 15) is 19.1 Å². The van der Waals surface area contributed by atoms with Crippen molar-refractivity contribution in [2.24, 2.45) is 17.8 Å². The van der Waals surface area contributed by atoms with E-state index >= 15 is 0 Å². The Morgan fingerprint density at radius 3 is 2.73 bits per heavy atom. The van der Waals surface area contributed by atoms with E-state index in [1.54, 1.807) is 16.7 Å². The molecule has 1 aromatic heterocycles. The summed E-state index contributed by atoms with van der Waals surface area (Å²) in [6.45, 7) is 1.38. The molecule has 2 N–H and O–H groups in total. The fraction of sp³-hybridized carbons (Fsp3) is 0.478. The van der Waals surface area contributed by atoms with Gasteiger partial charge in [0, 0.05) is 49.8 Å². The second kappa shape index (κ2) is 7.63. The Hall–Kier alpha value is -2.51. The molecule has 0 unspecified atom stereocenters. The quantitative estimate of drug-likeness (QED) is 0.759. The van der Waals surface area contributed by atoms with Gasteiger partial charge in [0.15, 0.2) is 0 Å². The molecule has 2 aliphatic heterocycles. The van der Waals surface area contributed by atoms with E-state index in [2.05, 4.69) is 10.2 Å². The number of nitrogens with one attached hydrogen (secondary N) is 1. The van der Waals surface area contributed by atoms with Gasteiger partial charge in [0.25, 0.3) is 5.56 Å². The van der Waals surface area contributed by atoms with Crippen LogP contribution in [0.25, 0.3) is 0 Å². The number of aliphatic hydroxyl groups excluding tert-OH is 1. The third kappa shape index (κ3) is 3.36. The van der Waals surface area contributed by atoms with Crippen LogP contribution in [0, 0.1) is 23.6 Å². The summed E-state index contributed by atoms with van der Waals surface area (Å²) >= 11 is 0. The maximum Gasteiger partial charge on any atom is 0.250 e. The summed E-state index contributed by atoms with van der Waals surface area (Å²) in [6.07, 6.45) is 2.28. The van der Waals surface area contributed by atoms with Crippen LogP contribution < -0.4 is 10.9 Å². The summed E-state index contributed by atoms with van der Waals surface area (Å²) in [5.74, 6) is -0.188. The van der Waals surface area contributed by atoms with Crippen molar-refractivity contribution in [2.75, 3.05) is 13.2 Å². The Balaban J connectivity index is 1.52. The summed E-state index contributed by atoms with van der Waals surface area (Å²) in [5, 5.41) is 13.3. The zero-order chi connectivity index (χ0) is 20.8. The number of amides is 1. The molecule has 1 saturated carbocycles. The fourth-order valence-corrected chi connectivity index (χ4v) is 5.25. The third-order valence-electron chi connectivity index (χ3n) is 6.85. The van der Waals surface area contributed by atoms with Crippen molar-refractivity contribution in [3.63, 3.8) is 0 Å². The Bertz CT molecular complexity index is 1020. The summed E-state index contributed by atoms with van der Waals surface area (Å²) < 4.78 is 15.6. The van der Waals surface area contributed by atoms with Gasteiger partial charge in [-0.25, -0.2) is 4.39 Å². The fourth-order valence-electron chi connectivity index (χ4n) is 5.25. The van der Waals surface area contributed by atoms with Gasteiger partial charge < -0.3 is 15.0 Å². The van der Waals surface area contributed by atoms with Gasteiger partial charge in [-0.05, 0) is 42.5 Å². The van der Waals surface area contributed by atoms with Gasteiger partial charge in [0.1, 0.15) is 5.82 Å². The zero-order valence-corrected chi connectivity index (χ0v) is 16.7. The molecule has 3 heterocycles. The largest absolute Gasteiger partial charge is 0.396 e. The maximum atomic E-state index is 13.8. The van der Waals surface area contributed by atoms with E-state index in [0.29, 0.717) is 25.6 Å². The van der Waals surface area contributed by atoms with Crippen LogP contribution in [0.3, 0.4) is 0 Å². The van der Waals surface area contributed by atoms with Gasteiger partial charge in [-0.1, -0.05) is 18.2 Å². The first-order valence-electron chi connectivity index (χ1n) is 10.7. The van der Waals surface area contributed by atoms with Crippen molar-refractivity contribution < 1.29 is 14.3 Å². The molecule has 1 amide bonds. The highest BCUT2D eigenvalue weighted by molar-refractivity contribution is 5.82. The predicted molar refractivity (Wildman–Crippen MR) is 109 cm³/mol. The zero-order valence-electron chi connectivity index (χ0n) is 16.7. The summed E-state index contributed by atoms with van der Waals surface area (Å²) in [7, 11) is 0. The number of carbonyl (C=O) groups is 1. The summed E-state index contributed by atoms with van der Waals surface area (Å²) in [5.41, 5.74) is 1.56. The lowest BCUT2D eigenvalue weighted by Crippen LogP contribution is -2.48. The number of aromatic nitrogens is 1. The van der Waals surface area contributed by atoms with Gasteiger partial charge in [-0.2, -0.15) is 0 Å². The van der Waals surface area contributed by atoms with Gasteiger partial charge in [0.05, 0.1) is 12.1 Å². The van der Waals surface area contributed by atoms with Crippen molar-refractivity contribution in [3.05, 3.63) is 69.9 Å². The molecule has 30 heavy (non-hydrogen) atoms. The van der Waals surface area contributed by atoms with Crippen LogP contribution in [0.2, 0.25) is 0 Å². The van der Waals surface area contributed by atoms with Crippen LogP contribution in [0.15, 0.2) is 47.3 Å². The van der Waals surface area contributed by atoms with Crippen molar-refractivity contribution >= 4 is 5.91 Å². The molecule has 3 aliphatic rings. The average molecular weight is 411 g/mol. The standard InChI is InChI=1S/C23H26FN3O3/c24-16-4-1-3-15(9-16)11-27-21-17(12-26-19(21)5-2-6-20(26)29)18(13-28)22(27)23(30)25-10-14-7-8-14/h1-6,9,14,17-18,21-22,28H,7-8,10-13H2,(H,25,30)/t17-,18-,21+,22-/m0/s1. The van der Waals surface area contributed by atoms with Crippen LogP contribution in [-0.4, -0.2) is 39.7 Å². The molecule has 0 bridgehead atoms. The van der Waals surface area contributed by atoms with Crippen molar-refractivity contribution in [2.45, 2.75) is 38.0 Å². The van der Waals surface area contributed by atoms with Crippen LogP contribution >= 0.6 is 0 Å². The number of hydrogen-bond donors (Lipinski definition) is 2. The minimum absolute atomic E-state index is 0.0460. The number of benzene rings is 1. The lowest BCUT2D eigenvalue weighted by atomic mass is 9.88. The van der Waals surface area contributed by atoms with E-state index in [-0.39, 0.29) is 41.8 Å². The second-order valence-corrected chi connectivity index (χ2v) is 8.79. The predicted octanol–water partition coefficient (Wildman–Crippen LogP) is 1.68. The van der Waals surface area contributed by atoms with Crippen LogP contribution in [0.5, 0.6) is 0 Å². The van der Waals surface area contributed by atoms with Crippen LogP contribution in [0.4, 0.5) is 4.39 Å². The Kier molecular flexibility index (Phi) is 4.95. The van der Waals surface area contributed by atoms with E-state index in [0.717, 1.165) is 24.1 Å². The van der Waals surface area contributed by atoms with Gasteiger partial charge in [-0.15, -0.1) is 0 Å². The average Bonchev–Trinajstić information content (AvgIpc) is 3.40. The number of nitrogens with zero attached hydrogens (tertiary/aromatic N) is 2. The lowest BCUT2D eigenvalue weighted by molar-refractivity contribution is -0.128. The summed E-state index contributed by atoms with van der Waals surface area (Å²) in [4.78, 5) is 27.7. The third-order valence-corrected chi connectivity index (χ3v) is 6.85.